The van der Waals surface area contributed by atoms with E-state index in [1.807, 2.05) is 18.2 Å². The van der Waals surface area contributed by atoms with Crippen LogP contribution < -0.4 is 0 Å². The van der Waals surface area contributed by atoms with Gasteiger partial charge in [-0.3, -0.25) is 4.98 Å². The SMILES string of the molecule is OC(Cc1ccccn1)c1ccc(Cl)nc1. The zero-order chi connectivity index (χ0) is 11.4. The highest BCUT2D eigenvalue weighted by Crippen LogP contribution is 2.17. The number of hydrogen-bond acceptors (Lipinski definition) is 3. The molecule has 2 rings (SSSR count). The first-order valence-corrected chi connectivity index (χ1v) is 5.33. The summed E-state index contributed by atoms with van der Waals surface area (Å²) >= 11 is 5.67. The van der Waals surface area contributed by atoms with Crippen LogP contribution in [0.15, 0.2) is 42.7 Å². The Balaban J connectivity index is 2.09. The normalized spacial score (nSPS) is 12.4. The Kier molecular flexibility index (Phi) is 3.49. The molecule has 3 nitrogen and oxygen atoms in total. The minimum absolute atomic E-state index is 0.425. The third-order valence-corrected chi connectivity index (χ3v) is 2.49. The minimum atomic E-state index is -0.598. The lowest BCUT2D eigenvalue weighted by Crippen LogP contribution is -2.03. The fourth-order valence-corrected chi connectivity index (χ4v) is 1.53. The maximum atomic E-state index is 9.94. The van der Waals surface area contributed by atoms with Crippen LogP contribution in [0.4, 0.5) is 0 Å². The van der Waals surface area contributed by atoms with Gasteiger partial charge in [-0.25, -0.2) is 4.98 Å². The van der Waals surface area contributed by atoms with E-state index < -0.39 is 6.10 Å². The molecule has 0 aromatic carbocycles. The molecule has 1 atom stereocenters. The van der Waals surface area contributed by atoms with Crippen molar-refractivity contribution in [2.75, 3.05) is 0 Å². The minimum Gasteiger partial charge on any atom is -0.388 e. The van der Waals surface area contributed by atoms with Crippen LogP contribution in [0.3, 0.4) is 0 Å². The zero-order valence-corrected chi connectivity index (χ0v) is 9.30. The Morgan fingerprint density at radius 1 is 1.19 bits per heavy atom. The molecule has 1 N–H and O–H groups in total. The summed E-state index contributed by atoms with van der Waals surface area (Å²) in [6.45, 7) is 0. The van der Waals surface area contributed by atoms with Crippen molar-refractivity contribution in [3.05, 3.63) is 59.1 Å². The molecular formula is C12H11ClN2O. The van der Waals surface area contributed by atoms with Crippen molar-refractivity contribution < 1.29 is 5.11 Å². The van der Waals surface area contributed by atoms with Crippen LogP contribution in [0, 0.1) is 0 Å². The van der Waals surface area contributed by atoms with Crippen LogP contribution in [0.2, 0.25) is 5.15 Å². The van der Waals surface area contributed by atoms with Gasteiger partial charge >= 0.3 is 0 Å². The molecule has 1 unspecified atom stereocenters. The predicted molar refractivity (Wildman–Crippen MR) is 62.1 cm³/mol. The third kappa shape index (κ3) is 2.78. The summed E-state index contributed by atoms with van der Waals surface area (Å²) in [7, 11) is 0. The standard InChI is InChI=1S/C12H11ClN2O/c13-12-5-4-9(8-15-12)11(16)7-10-3-1-2-6-14-10/h1-6,8,11,16H,7H2. The highest BCUT2D eigenvalue weighted by atomic mass is 35.5. The van der Waals surface area contributed by atoms with Crippen LogP contribution in [-0.2, 0) is 6.42 Å². The van der Waals surface area contributed by atoms with Gasteiger partial charge in [0, 0.05) is 24.5 Å². The van der Waals surface area contributed by atoms with Crippen molar-refractivity contribution in [1.29, 1.82) is 0 Å². The first-order valence-electron chi connectivity index (χ1n) is 4.95. The lowest BCUT2D eigenvalue weighted by molar-refractivity contribution is 0.177. The van der Waals surface area contributed by atoms with E-state index in [0.29, 0.717) is 11.6 Å². The van der Waals surface area contributed by atoms with Crippen molar-refractivity contribution in [3.63, 3.8) is 0 Å². The van der Waals surface area contributed by atoms with E-state index in [9.17, 15) is 5.11 Å². The number of hydrogen-bond donors (Lipinski definition) is 1. The lowest BCUT2D eigenvalue weighted by Gasteiger charge is -2.09. The van der Waals surface area contributed by atoms with Gasteiger partial charge in [0.15, 0.2) is 0 Å². The summed E-state index contributed by atoms with van der Waals surface area (Å²) in [5.74, 6) is 0. The summed E-state index contributed by atoms with van der Waals surface area (Å²) in [4.78, 5) is 8.08. The maximum Gasteiger partial charge on any atom is 0.129 e. The Morgan fingerprint density at radius 2 is 2.06 bits per heavy atom. The van der Waals surface area contributed by atoms with Gasteiger partial charge in [0.05, 0.1) is 6.10 Å². The van der Waals surface area contributed by atoms with Gasteiger partial charge in [0.25, 0.3) is 0 Å². The second-order valence-electron chi connectivity index (χ2n) is 3.46. The van der Waals surface area contributed by atoms with Crippen molar-refractivity contribution in [3.8, 4) is 0 Å². The fourth-order valence-electron chi connectivity index (χ4n) is 1.42. The molecule has 16 heavy (non-hydrogen) atoms. The van der Waals surface area contributed by atoms with E-state index >= 15 is 0 Å². The second kappa shape index (κ2) is 5.05. The molecular weight excluding hydrogens is 224 g/mol. The molecule has 4 heteroatoms. The number of pyridine rings is 2. The molecule has 2 aromatic heterocycles. The first-order chi connectivity index (χ1) is 7.75. The van der Waals surface area contributed by atoms with Gasteiger partial charge in [0.2, 0.25) is 0 Å². The zero-order valence-electron chi connectivity index (χ0n) is 8.55. The van der Waals surface area contributed by atoms with E-state index in [1.165, 1.54) is 0 Å². The Labute approximate surface area is 98.8 Å². The van der Waals surface area contributed by atoms with Gasteiger partial charge in [-0.1, -0.05) is 23.7 Å². The molecule has 0 amide bonds. The second-order valence-corrected chi connectivity index (χ2v) is 3.84. The average Bonchev–Trinajstić information content (AvgIpc) is 2.31. The monoisotopic (exact) mass is 234 g/mol. The predicted octanol–water partition coefficient (Wildman–Crippen LogP) is 2.41. The summed E-state index contributed by atoms with van der Waals surface area (Å²) in [6, 6.07) is 9.06. The van der Waals surface area contributed by atoms with Crippen molar-refractivity contribution in [2.24, 2.45) is 0 Å². The molecule has 0 saturated heterocycles. The quantitative estimate of drug-likeness (QED) is 0.830. The molecule has 0 fully saturated rings. The number of aliphatic hydroxyl groups is 1. The van der Waals surface area contributed by atoms with Gasteiger partial charge in [-0.15, -0.1) is 0 Å². The Hall–Kier alpha value is -1.45. The third-order valence-electron chi connectivity index (χ3n) is 2.26. The van der Waals surface area contributed by atoms with Gasteiger partial charge in [-0.05, 0) is 23.8 Å². The Bertz CT molecular complexity index is 444. The molecule has 2 heterocycles. The molecule has 0 aliphatic carbocycles. The fraction of sp³-hybridized carbons (Fsp3) is 0.167. The van der Waals surface area contributed by atoms with E-state index in [2.05, 4.69) is 9.97 Å². The number of aromatic nitrogens is 2. The van der Waals surface area contributed by atoms with Gasteiger partial charge < -0.3 is 5.11 Å². The molecule has 82 valence electrons. The van der Waals surface area contributed by atoms with E-state index in [4.69, 9.17) is 11.6 Å². The van der Waals surface area contributed by atoms with Crippen LogP contribution in [0.5, 0.6) is 0 Å². The molecule has 0 aliphatic heterocycles. The largest absolute Gasteiger partial charge is 0.388 e. The molecule has 0 spiro atoms. The first kappa shape index (κ1) is 11.0. The van der Waals surface area contributed by atoms with Crippen LogP contribution in [0.25, 0.3) is 0 Å². The molecule has 0 radical (unpaired) electrons. The number of rotatable bonds is 3. The topological polar surface area (TPSA) is 46.0 Å². The highest BCUT2D eigenvalue weighted by Gasteiger charge is 2.09. The van der Waals surface area contributed by atoms with Crippen LogP contribution in [-0.4, -0.2) is 15.1 Å². The molecule has 2 aromatic rings. The smallest absolute Gasteiger partial charge is 0.129 e. The lowest BCUT2D eigenvalue weighted by atomic mass is 10.1. The summed E-state index contributed by atoms with van der Waals surface area (Å²) in [5, 5.41) is 10.4. The van der Waals surface area contributed by atoms with E-state index in [-0.39, 0.29) is 0 Å². The maximum absolute atomic E-state index is 9.94. The van der Waals surface area contributed by atoms with Gasteiger partial charge in [-0.2, -0.15) is 0 Å². The summed E-state index contributed by atoms with van der Waals surface area (Å²) in [5.41, 5.74) is 1.60. The van der Waals surface area contributed by atoms with Crippen molar-refractivity contribution in [2.45, 2.75) is 12.5 Å². The van der Waals surface area contributed by atoms with Crippen LogP contribution in [0.1, 0.15) is 17.4 Å². The Morgan fingerprint density at radius 3 is 2.69 bits per heavy atom. The van der Waals surface area contributed by atoms with E-state index in [1.54, 1.807) is 24.5 Å². The number of nitrogens with zero attached hydrogens (tertiary/aromatic N) is 2. The molecule has 0 aliphatic rings. The summed E-state index contributed by atoms with van der Waals surface area (Å²) < 4.78 is 0. The van der Waals surface area contributed by atoms with Gasteiger partial charge in [0.1, 0.15) is 5.15 Å². The van der Waals surface area contributed by atoms with E-state index in [0.717, 1.165) is 11.3 Å². The molecule has 0 saturated carbocycles. The number of halogens is 1. The highest BCUT2D eigenvalue weighted by molar-refractivity contribution is 6.29. The molecule has 0 bridgehead atoms. The van der Waals surface area contributed by atoms with Crippen molar-refractivity contribution in [1.82, 2.24) is 9.97 Å². The van der Waals surface area contributed by atoms with Crippen LogP contribution >= 0.6 is 11.6 Å². The van der Waals surface area contributed by atoms with Crippen molar-refractivity contribution >= 4 is 11.6 Å². The number of aliphatic hydroxyl groups excluding tert-OH is 1. The summed E-state index contributed by atoms with van der Waals surface area (Å²) in [6.07, 6.45) is 3.17. The average molecular weight is 235 g/mol.